The number of hydrogen-bond acceptors (Lipinski definition) is 2. The van der Waals surface area contributed by atoms with Gasteiger partial charge in [0.25, 0.3) is 0 Å². The Morgan fingerprint density at radius 3 is 0.889 bits per heavy atom. The van der Waals surface area contributed by atoms with Gasteiger partial charge in [-0.2, -0.15) is 0 Å². The molecule has 54 heavy (non-hydrogen) atoms. The third-order valence-corrected chi connectivity index (χ3v) is 10.9. The first kappa shape index (κ1) is 31.9. The Labute approximate surface area is 314 Å². The molecule has 0 saturated carbocycles. The number of rotatable bonds is 5. The van der Waals surface area contributed by atoms with E-state index in [0.717, 1.165) is 45.0 Å². The van der Waals surface area contributed by atoms with Gasteiger partial charge in [-0.3, -0.25) is 9.97 Å². The van der Waals surface area contributed by atoms with Crippen LogP contribution in [0.2, 0.25) is 0 Å². The number of nitrogens with zero attached hydrogens (tertiary/aromatic N) is 4. The summed E-state index contributed by atoms with van der Waals surface area (Å²) < 4.78 is 4.73. The topological polar surface area (TPSA) is 35.6 Å². The Hall–Kier alpha value is -6.78. The second-order valence-electron chi connectivity index (χ2n) is 14.7. The highest BCUT2D eigenvalue weighted by molar-refractivity contribution is 6.10. The molecule has 0 aliphatic carbocycles. The number of fused-ring (bicyclic) bond motifs is 6. The summed E-state index contributed by atoms with van der Waals surface area (Å²) >= 11 is 0. The minimum atomic E-state index is 0.852. The smallest absolute Gasteiger partial charge is 0.0886 e. The predicted molar refractivity (Wildman–Crippen MR) is 226 cm³/mol. The maximum absolute atomic E-state index is 4.83. The van der Waals surface area contributed by atoms with Crippen molar-refractivity contribution in [2.75, 3.05) is 0 Å². The first-order valence-electron chi connectivity index (χ1n) is 18.5. The lowest BCUT2D eigenvalue weighted by atomic mass is 10.1. The molecule has 4 heteroatoms. The average Bonchev–Trinajstić information content (AvgIpc) is 3.69. The summed E-state index contributed by atoms with van der Waals surface area (Å²) in [6, 6.07) is 52.9. The second-order valence-corrected chi connectivity index (χ2v) is 14.7. The summed E-state index contributed by atoms with van der Waals surface area (Å²) in [5.41, 5.74) is 18.4. The highest BCUT2D eigenvalue weighted by Crippen LogP contribution is 2.36. The van der Waals surface area contributed by atoms with Gasteiger partial charge in [-0.1, -0.05) is 82.9 Å². The number of hydrogen-bond donors (Lipinski definition) is 0. The first-order chi connectivity index (χ1) is 26.4. The molecule has 4 nitrogen and oxygen atoms in total. The van der Waals surface area contributed by atoms with Gasteiger partial charge in [0.2, 0.25) is 0 Å². The maximum atomic E-state index is 4.83. The van der Waals surface area contributed by atoms with Gasteiger partial charge in [0.05, 0.1) is 33.5 Å². The van der Waals surface area contributed by atoms with Crippen molar-refractivity contribution >= 4 is 43.6 Å². The molecular formula is C50H38N4. The first-order valence-corrected chi connectivity index (χ1v) is 18.5. The lowest BCUT2D eigenvalue weighted by Gasteiger charge is -2.10. The summed E-state index contributed by atoms with van der Waals surface area (Å²) in [6.45, 7) is 8.64. The Morgan fingerprint density at radius 2 is 0.611 bits per heavy atom. The summed E-state index contributed by atoms with van der Waals surface area (Å²) in [6.07, 6.45) is 3.89. The lowest BCUT2D eigenvalue weighted by Crippen LogP contribution is -1.94. The van der Waals surface area contributed by atoms with E-state index in [1.165, 1.54) is 65.9 Å². The highest BCUT2D eigenvalue weighted by Gasteiger charge is 2.15. The molecule has 0 radical (unpaired) electrons. The Bertz CT molecular complexity index is 2710. The van der Waals surface area contributed by atoms with Crippen LogP contribution in [0.5, 0.6) is 0 Å². The molecule has 0 spiro atoms. The van der Waals surface area contributed by atoms with Gasteiger partial charge in [0.1, 0.15) is 0 Å². The summed E-state index contributed by atoms with van der Waals surface area (Å²) in [5, 5.41) is 5.16. The minimum absolute atomic E-state index is 0.852. The molecule has 6 aromatic carbocycles. The zero-order chi connectivity index (χ0) is 36.5. The van der Waals surface area contributed by atoms with Crippen molar-refractivity contribution < 1.29 is 0 Å². The van der Waals surface area contributed by atoms with Crippen molar-refractivity contribution in [3.05, 3.63) is 180 Å². The van der Waals surface area contributed by atoms with Crippen LogP contribution in [0.1, 0.15) is 22.3 Å². The Morgan fingerprint density at radius 1 is 0.315 bits per heavy atom. The van der Waals surface area contributed by atoms with Crippen molar-refractivity contribution in [1.29, 1.82) is 0 Å². The number of benzene rings is 6. The van der Waals surface area contributed by atoms with Gasteiger partial charge in [0, 0.05) is 56.4 Å². The van der Waals surface area contributed by atoms with Crippen molar-refractivity contribution in [2.24, 2.45) is 0 Å². The standard InChI is InChI=1S/C50H38N4/c1-31-5-21-47-41(25-31)42-26-32(2)6-22-48(42)53(47)39-15-9-35(10-16-39)37-13-19-45(51-29-37)46-20-14-38(30-52-46)36-11-17-40(18-12-36)54-49-23-7-33(3)27-43(49)44-28-34(4)8-24-50(44)54/h5-30H,1-4H3. The van der Waals surface area contributed by atoms with E-state index in [1.807, 2.05) is 12.4 Å². The third kappa shape index (κ3) is 5.30. The van der Waals surface area contributed by atoms with E-state index in [4.69, 9.17) is 9.97 Å². The molecule has 0 aliphatic heterocycles. The number of pyridine rings is 2. The predicted octanol–water partition coefficient (Wildman–Crippen LogP) is 12.9. The van der Waals surface area contributed by atoms with Crippen LogP contribution in [0.25, 0.3) is 88.6 Å². The maximum Gasteiger partial charge on any atom is 0.0886 e. The Balaban J connectivity index is 0.894. The van der Waals surface area contributed by atoms with Gasteiger partial charge in [0.15, 0.2) is 0 Å². The van der Waals surface area contributed by atoms with Crippen LogP contribution in [-0.2, 0) is 0 Å². The molecule has 0 amide bonds. The van der Waals surface area contributed by atoms with E-state index in [2.05, 4.69) is 182 Å². The molecule has 258 valence electrons. The fourth-order valence-electron chi connectivity index (χ4n) is 8.10. The monoisotopic (exact) mass is 694 g/mol. The molecule has 0 N–H and O–H groups in total. The van der Waals surface area contributed by atoms with E-state index in [0.29, 0.717) is 0 Å². The average molecular weight is 695 g/mol. The summed E-state index contributed by atoms with van der Waals surface area (Å²) in [4.78, 5) is 9.66. The van der Waals surface area contributed by atoms with Crippen LogP contribution in [0.3, 0.4) is 0 Å². The molecule has 0 bridgehead atoms. The van der Waals surface area contributed by atoms with Crippen molar-refractivity contribution in [2.45, 2.75) is 27.7 Å². The van der Waals surface area contributed by atoms with Gasteiger partial charge < -0.3 is 9.13 Å². The molecule has 10 rings (SSSR count). The van der Waals surface area contributed by atoms with E-state index in [-0.39, 0.29) is 0 Å². The molecule has 4 heterocycles. The van der Waals surface area contributed by atoms with Crippen LogP contribution >= 0.6 is 0 Å². The van der Waals surface area contributed by atoms with Crippen LogP contribution in [0.4, 0.5) is 0 Å². The fourth-order valence-corrected chi connectivity index (χ4v) is 8.10. The van der Waals surface area contributed by atoms with Gasteiger partial charge in [-0.05, 0) is 124 Å². The summed E-state index contributed by atoms with van der Waals surface area (Å²) in [5.74, 6) is 0. The highest BCUT2D eigenvalue weighted by atomic mass is 15.0. The zero-order valence-electron chi connectivity index (χ0n) is 30.8. The molecule has 0 saturated heterocycles. The number of aromatic nitrogens is 4. The molecule has 0 aliphatic rings. The van der Waals surface area contributed by atoms with Crippen LogP contribution in [-0.4, -0.2) is 19.1 Å². The van der Waals surface area contributed by atoms with E-state index in [9.17, 15) is 0 Å². The van der Waals surface area contributed by atoms with E-state index < -0.39 is 0 Å². The molecule has 0 unspecified atom stereocenters. The molecule has 4 aromatic heterocycles. The van der Waals surface area contributed by atoms with Crippen molar-refractivity contribution in [1.82, 2.24) is 19.1 Å². The van der Waals surface area contributed by atoms with E-state index in [1.54, 1.807) is 0 Å². The molecule has 10 aromatic rings. The largest absolute Gasteiger partial charge is 0.309 e. The quantitative estimate of drug-likeness (QED) is 0.180. The van der Waals surface area contributed by atoms with Crippen molar-refractivity contribution in [3.63, 3.8) is 0 Å². The molecule has 0 fully saturated rings. The van der Waals surface area contributed by atoms with E-state index >= 15 is 0 Å². The normalized spacial score (nSPS) is 11.7. The number of aryl methyl sites for hydroxylation is 4. The fraction of sp³-hybridized carbons (Fsp3) is 0.0800. The molecular weight excluding hydrogens is 657 g/mol. The van der Waals surface area contributed by atoms with Gasteiger partial charge in [-0.25, -0.2) is 0 Å². The van der Waals surface area contributed by atoms with Gasteiger partial charge >= 0.3 is 0 Å². The zero-order valence-corrected chi connectivity index (χ0v) is 30.8. The second kappa shape index (κ2) is 12.4. The van der Waals surface area contributed by atoms with Crippen LogP contribution < -0.4 is 0 Å². The third-order valence-electron chi connectivity index (χ3n) is 10.9. The van der Waals surface area contributed by atoms with Gasteiger partial charge in [-0.15, -0.1) is 0 Å². The molecule has 0 atom stereocenters. The van der Waals surface area contributed by atoms with Crippen LogP contribution in [0.15, 0.2) is 158 Å². The van der Waals surface area contributed by atoms with Crippen molar-refractivity contribution in [3.8, 4) is 45.0 Å². The van der Waals surface area contributed by atoms with Crippen LogP contribution in [0, 0.1) is 27.7 Å². The minimum Gasteiger partial charge on any atom is -0.309 e. The lowest BCUT2D eigenvalue weighted by molar-refractivity contribution is 1.18. The summed E-state index contributed by atoms with van der Waals surface area (Å²) in [7, 11) is 0. The SMILES string of the molecule is Cc1ccc2c(c1)c1cc(C)ccc1n2-c1ccc(-c2ccc(-c3ccc(-c4ccc(-n5c6ccc(C)cc6c6cc(C)ccc65)cc4)cn3)nc2)cc1. The Kier molecular flexibility index (Phi) is 7.34.